The highest BCUT2D eigenvalue weighted by Crippen LogP contribution is 2.12. The van der Waals surface area contributed by atoms with Crippen molar-refractivity contribution >= 4 is 18.1 Å². The fourth-order valence-corrected chi connectivity index (χ4v) is 1.02. The molecule has 0 aliphatic rings. The molecule has 1 aromatic rings. The molecule has 0 N–H and O–H groups in total. The monoisotopic (exact) mass is 192 g/mol. The Labute approximate surface area is 82.7 Å². The molecule has 0 atom stereocenters. The predicted octanol–water partition coefficient (Wildman–Crippen LogP) is 1.33. The van der Waals surface area contributed by atoms with Crippen molar-refractivity contribution in [2.45, 2.75) is 0 Å². The van der Waals surface area contributed by atoms with E-state index < -0.39 is 0 Å². The molecule has 3 amide bonds. The van der Waals surface area contributed by atoms with Gasteiger partial charge in [0.25, 0.3) is 0 Å². The van der Waals surface area contributed by atoms with Crippen molar-refractivity contribution in [1.82, 2.24) is 4.90 Å². The molecule has 0 bridgehead atoms. The van der Waals surface area contributed by atoms with E-state index in [2.05, 4.69) is 0 Å². The Hall–Kier alpha value is -1.84. The molecular formula is C10H12N2O2. The molecule has 4 nitrogen and oxygen atoms in total. The zero-order valence-corrected chi connectivity index (χ0v) is 8.18. The number of amides is 3. The Morgan fingerprint density at radius 1 is 1.21 bits per heavy atom. The number of hydrogen-bond acceptors (Lipinski definition) is 2. The molecule has 0 spiro atoms. The molecular weight excluding hydrogens is 180 g/mol. The van der Waals surface area contributed by atoms with Crippen LogP contribution in [-0.4, -0.2) is 31.4 Å². The summed E-state index contributed by atoms with van der Waals surface area (Å²) in [7, 11) is 3.20. The first-order valence-electron chi connectivity index (χ1n) is 4.17. The van der Waals surface area contributed by atoms with Gasteiger partial charge in [-0.05, 0) is 12.1 Å². The van der Waals surface area contributed by atoms with E-state index in [1.54, 1.807) is 38.4 Å². The van der Waals surface area contributed by atoms with Crippen LogP contribution in [0.25, 0.3) is 0 Å². The molecule has 0 heterocycles. The number of benzene rings is 1. The highest BCUT2D eigenvalue weighted by atomic mass is 16.2. The van der Waals surface area contributed by atoms with E-state index in [1.165, 1.54) is 4.90 Å². The molecule has 1 rings (SSSR count). The molecule has 0 unspecified atom stereocenters. The molecule has 0 radical (unpaired) electrons. The van der Waals surface area contributed by atoms with E-state index in [-0.39, 0.29) is 6.03 Å². The van der Waals surface area contributed by atoms with E-state index in [0.29, 0.717) is 12.1 Å². The van der Waals surface area contributed by atoms with Gasteiger partial charge >= 0.3 is 6.03 Å². The van der Waals surface area contributed by atoms with Gasteiger partial charge < -0.3 is 4.90 Å². The molecule has 0 aliphatic heterocycles. The number of rotatable bonds is 2. The number of urea groups is 1. The first-order valence-corrected chi connectivity index (χ1v) is 4.17. The zero-order valence-electron chi connectivity index (χ0n) is 8.18. The summed E-state index contributed by atoms with van der Waals surface area (Å²) >= 11 is 0. The number of para-hydroxylation sites is 1. The summed E-state index contributed by atoms with van der Waals surface area (Å²) in [5, 5.41) is 0. The van der Waals surface area contributed by atoms with Gasteiger partial charge in [0.2, 0.25) is 6.41 Å². The van der Waals surface area contributed by atoms with Crippen molar-refractivity contribution in [3.8, 4) is 0 Å². The Bertz CT molecular complexity index is 322. The third kappa shape index (κ3) is 2.10. The van der Waals surface area contributed by atoms with Crippen LogP contribution in [0.1, 0.15) is 0 Å². The minimum absolute atomic E-state index is 0.355. The molecule has 0 aliphatic carbocycles. The molecule has 0 saturated carbocycles. The molecule has 4 heteroatoms. The summed E-state index contributed by atoms with van der Waals surface area (Å²) in [5.74, 6) is 0. The summed E-state index contributed by atoms with van der Waals surface area (Å²) in [4.78, 5) is 24.6. The molecule has 0 aromatic heterocycles. The highest BCUT2D eigenvalue weighted by molar-refractivity contribution is 6.05. The van der Waals surface area contributed by atoms with Gasteiger partial charge in [-0.2, -0.15) is 0 Å². The Morgan fingerprint density at radius 2 is 1.79 bits per heavy atom. The number of imide groups is 1. The maximum atomic E-state index is 11.5. The fraction of sp³-hybridized carbons (Fsp3) is 0.200. The lowest BCUT2D eigenvalue weighted by Gasteiger charge is -2.19. The van der Waals surface area contributed by atoms with E-state index in [4.69, 9.17) is 0 Å². The molecule has 0 saturated heterocycles. The van der Waals surface area contributed by atoms with Crippen molar-refractivity contribution in [3.63, 3.8) is 0 Å². The van der Waals surface area contributed by atoms with Crippen LogP contribution in [-0.2, 0) is 4.79 Å². The lowest BCUT2D eigenvalue weighted by atomic mass is 10.3. The largest absolute Gasteiger partial charge is 0.330 e. The van der Waals surface area contributed by atoms with E-state index in [0.717, 1.165) is 4.90 Å². The van der Waals surface area contributed by atoms with Crippen LogP contribution in [0.2, 0.25) is 0 Å². The Morgan fingerprint density at radius 3 is 2.21 bits per heavy atom. The van der Waals surface area contributed by atoms with Gasteiger partial charge in [0.15, 0.2) is 0 Å². The van der Waals surface area contributed by atoms with Crippen molar-refractivity contribution in [3.05, 3.63) is 30.3 Å². The number of hydrogen-bond donors (Lipinski definition) is 0. The van der Waals surface area contributed by atoms with Crippen molar-refractivity contribution in [2.75, 3.05) is 19.0 Å². The van der Waals surface area contributed by atoms with Gasteiger partial charge in [-0.3, -0.25) is 4.79 Å². The zero-order chi connectivity index (χ0) is 10.6. The highest BCUT2D eigenvalue weighted by Gasteiger charge is 2.15. The first kappa shape index (κ1) is 10.2. The minimum atomic E-state index is -0.355. The number of carbonyl (C=O) groups excluding carboxylic acids is 2. The van der Waals surface area contributed by atoms with Crippen LogP contribution in [0, 0.1) is 0 Å². The summed E-state index contributed by atoms with van der Waals surface area (Å²) in [6.45, 7) is 0. The molecule has 14 heavy (non-hydrogen) atoms. The lowest BCUT2D eigenvalue weighted by molar-refractivity contribution is -0.106. The molecule has 0 fully saturated rings. The standard InChI is InChI=1S/C10H12N2O2/c1-11(2)10(14)12(8-13)9-6-4-3-5-7-9/h3-8H,1-2H3. The molecule has 1 aromatic carbocycles. The van der Waals surface area contributed by atoms with Crippen LogP contribution < -0.4 is 4.90 Å². The normalized spacial score (nSPS) is 9.29. The Balaban J connectivity index is 2.94. The van der Waals surface area contributed by atoms with Crippen molar-refractivity contribution in [2.24, 2.45) is 0 Å². The summed E-state index contributed by atoms with van der Waals surface area (Å²) in [5.41, 5.74) is 0.571. The minimum Gasteiger partial charge on any atom is -0.330 e. The van der Waals surface area contributed by atoms with Gasteiger partial charge in [0.05, 0.1) is 5.69 Å². The topological polar surface area (TPSA) is 40.6 Å². The maximum absolute atomic E-state index is 11.5. The number of anilines is 1. The van der Waals surface area contributed by atoms with Gasteiger partial charge in [0, 0.05) is 14.1 Å². The predicted molar refractivity (Wildman–Crippen MR) is 54.1 cm³/mol. The second-order valence-electron chi connectivity index (χ2n) is 2.99. The second-order valence-corrected chi connectivity index (χ2v) is 2.99. The van der Waals surface area contributed by atoms with Gasteiger partial charge in [-0.1, -0.05) is 18.2 Å². The summed E-state index contributed by atoms with van der Waals surface area (Å²) in [6.07, 6.45) is 0.512. The summed E-state index contributed by atoms with van der Waals surface area (Å²) < 4.78 is 0. The smallest absolute Gasteiger partial charge is 0.330 e. The third-order valence-electron chi connectivity index (χ3n) is 1.73. The van der Waals surface area contributed by atoms with E-state index in [9.17, 15) is 9.59 Å². The lowest BCUT2D eigenvalue weighted by Crippen LogP contribution is -2.38. The number of nitrogens with zero attached hydrogens (tertiary/aromatic N) is 2. The van der Waals surface area contributed by atoms with Crippen LogP contribution in [0.3, 0.4) is 0 Å². The average molecular weight is 192 g/mol. The van der Waals surface area contributed by atoms with Crippen LogP contribution in [0.5, 0.6) is 0 Å². The van der Waals surface area contributed by atoms with Gasteiger partial charge in [0.1, 0.15) is 0 Å². The average Bonchev–Trinajstić information content (AvgIpc) is 2.20. The summed E-state index contributed by atoms with van der Waals surface area (Å²) in [6, 6.07) is 8.42. The van der Waals surface area contributed by atoms with Crippen LogP contribution in [0.4, 0.5) is 10.5 Å². The molecule has 74 valence electrons. The van der Waals surface area contributed by atoms with E-state index >= 15 is 0 Å². The third-order valence-corrected chi connectivity index (χ3v) is 1.73. The van der Waals surface area contributed by atoms with Crippen molar-refractivity contribution in [1.29, 1.82) is 0 Å². The Kier molecular flexibility index (Phi) is 3.23. The van der Waals surface area contributed by atoms with Gasteiger partial charge in [-0.15, -0.1) is 0 Å². The van der Waals surface area contributed by atoms with Crippen molar-refractivity contribution < 1.29 is 9.59 Å². The van der Waals surface area contributed by atoms with Crippen LogP contribution >= 0.6 is 0 Å². The van der Waals surface area contributed by atoms with E-state index in [1.807, 2.05) is 6.07 Å². The quantitative estimate of drug-likeness (QED) is 0.663. The first-order chi connectivity index (χ1) is 6.66. The van der Waals surface area contributed by atoms with Crippen LogP contribution in [0.15, 0.2) is 30.3 Å². The number of carbonyl (C=O) groups is 2. The fourth-order valence-electron chi connectivity index (χ4n) is 1.02. The maximum Gasteiger partial charge on any atom is 0.330 e. The second kappa shape index (κ2) is 4.41. The SMILES string of the molecule is CN(C)C(=O)N(C=O)c1ccccc1. The van der Waals surface area contributed by atoms with Gasteiger partial charge in [-0.25, -0.2) is 9.69 Å².